The molecule has 0 heterocycles. The Kier molecular flexibility index (Phi) is 3.25. The molecule has 0 amide bonds. The molecule has 1 aliphatic carbocycles. The first-order valence-electron chi connectivity index (χ1n) is 4.43. The minimum absolute atomic E-state index is 0.163. The van der Waals surface area contributed by atoms with E-state index in [1.165, 1.54) is 5.57 Å². The standard InChI is InChI=1S/C10H16N2O/c1-7-3-4-10(11)8(2)9(7)5-12-6-13/h5,13H,3-4,6,11H2,1-2H3/b12-5+. The molecule has 3 N–H and O–H groups in total. The number of aliphatic imine (C=N–C) groups is 1. The molecule has 0 aliphatic heterocycles. The van der Waals surface area contributed by atoms with Crippen LogP contribution in [0.2, 0.25) is 0 Å². The SMILES string of the molecule is CC1=C(/C=N/CO)C(C)=C(N)CC1. The minimum atomic E-state index is -0.163. The Morgan fingerprint density at radius 1 is 1.46 bits per heavy atom. The van der Waals surface area contributed by atoms with Crippen LogP contribution in [-0.4, -0.2) is 18.1 Å². The number of aliphatic hydroxyl groups excluding tert-OH is 1. The van der Waals surface area contributed by atoms with Gasteiger partial charge in [0, 0.05) is 11.9 Å². The largest absolute Gasteiger partial charge is 0.402 e. The van der Waals surface area contributed by atoms with Gasteiger partial charge in [-0.1, -0.05) is 5.57 Å². The molecular formula is C10H16N2O. The van der Waals surface area contributed by atoms with Gasteiger partial charge in [-0.25, -0.2) is 0 Å². The van der Waals surface area contributed by atoms with E-state index in [1.807, 2.05) is 6.92 Å². The molecule has 0 fully saturated rings. The van der Waals surface area contributed by atoms with Crippen LogP contribution in [0.15, 0.2) is 27.4 Å². The lowest BCUT2D eigenvalue weighted by Gasteiger charge is -2.17. The zero-order valence-electron chi connectivity index (χ0n) is 8.17. The lowest BCUT2D eigenvalue weighted by Crippen LogP contribution is -2.10. The second kappa shape index (κ2) is 4.23. The van der Waals surface area contributed by atoms with E-state index in [0.717, 1.165) is 29.7 Å². The highest BCUT2D eigenvalue weighted by molar-refractivity contribution is 5.86. The van der Waals surface area contributed by atoms with Gasteiger partial charge in [0.2, 0.25) is 0 Å². The Hall–Kier alpha value is -1.09. The second-order valence-electron chi connectivity index (χ2n) is 3.30. The average molecular weight is 180 g/mol. The summed E-state index contributed by atoms with van der Waals surface area (Å²) in [6, 6.07) is 0. The lowest BCUT2D eigenvalue weighted by molar-refractivity contribution is 0.310. The Balaban J connectivity index is 2.96. The summed E-state index contributed by atoms with van der Waals surface area (Å²) in [5.41, 5.74) is 10.2. The van der Waals surface area contributed by atoms with Crippen molar-refractivity contribution in [1.29, 1.82) is 0 Å². The van der Waals surface area contributed by atoms with E-state index in [2.05, 4.69) is 11.9 Å². The van der Waals surface area contributed by atoms with E-state index in [-0.39, 0.29) is 6.73 Å². The molecule has 72 valence electrons. The average Bonchev–Trinajstić information content (AvgIpc) is 2.12. The van der Waals surface area contributed by atoms with Crippen molar-refractivity contribution in [1.82, 2.24) is 0 Å². The molecule has 0 saturated carbocycles. The van der Waals surface area contributed by atoms with Gasteiger partial charge in [0.15, 0.2) is 0 Å². The van der Waals surface area contributed by atoms with E-state index in [1.54, 1.807) is 6.21 Å². The van der Waals surface area contributed by atoms with Gasteiger partial charge in [0.1, 0.15) is 6.73 Å². The molecule has 1 aliphatic rings. The summed E-state index contributed by atoms with van der Waals surface area (Å²) >= 11 is 0. The van der Waals surface area contributed by atoms with Crippen LogP contribution < -0.4 is 5.73 Å². The molecule has 0 bridgehead atoms. The van der Waals surface area contributed by atoms with E-state index in [4.69, 9.17) is 10.8 Å². The number of hydrogen-bond donors (Lipinski definition) is 2. The van der Waals surface area contributed by atoms with Crippen molar-refractivity contribution in [2.24, 2.45) is 10.7 Å². The lowest BCUT2D eigenvalue weighted by atomic mass is 9.91. The molecule has 3 nitrogen and oxygen atoms in total. The number of allylic oxidation sites excluding steroid dienone is 4. The van der Waals surface area contributed by atoms with Crippen LogP contribution in [0.3, 0.4) is 0 Å². The quantitative estimate of drug-likeness (QED) is 0.630. The van der Waals surface area contributed by atoms with Crippen molar-refractivity contribution >= 4 is 6.21 Å². The number of aliphatic hydroxyl groups is 1. The third-order valence-electron chi connectivity index (χ3n) is 2.42. The molecule has 13 heavy (non-hydrogen) atoms. The number of nitrogens with zero attached hydrogens (tertiary/aromatic N) is 1. The Bertz CT molecular complexity index is 287. The summed E-state index contributed by atoms with van der Waals surface area (Å²) in [6.45, 7) is 3.91. The van der Waals surface area contributed by atoms with Crippen LogP contribution in [0.1, 0.15) is 26.7 Å². The molecule has 0 saturated heterocycles. The molecular weight excluding hydrogens is 164 g/mol. The molecule has 0 atom stereocenters. The van der Waals surface area contributed by atoms with Crippen molar-refractivity contribution < 1.29 is 5.11 Å². The normalized spacial score (nSPS) is 19.0. The van der Waals surface area contributed by atoms with Crippen LogP contribution in [-0.2, 0) is 0 Å². The van der Waals surface area contributed by atoms with Gasteiger partial charge in [0.05, 0.1) is 0 Å². The van der Waals surface area contributed by atoms with Crippen molar-refractivity contribution in [3.05, 3.63) is 22.4 Å². The molecule has 3 heteroatoms. The van der Waals surface area contributed by atoms with Crippen molar-refractivity contribution in [2.45, 2.75) is 26.7 Å². The monoisotopic (exact) mass is 180 g/mol. The third kappa shape index (κ3) is 2.18. The molecule has 1 rings (SSSR count). The maximum atomic E-state index is 8.57. The first-order valence-corrected chi connectivity index (χ1v) is 4.43. The summed E-state index contributed by atoms with van der Waals surface area (Å²) in [6.07, 6.45) is 3.64. The summed E-state index contributed by atoms with van der Waals surface area (Å²) in [5.74, 6) is 0. The fourth-order valence-corrected chi connectivity index (χ4v) is 1.48. The van der Waals surface area contributed by atoms with Gasteiger partial charge in [-0.15, -0.1) is 0 Å². The molecule has 0 spiro atoms. The molecule has 0 aromatic rings. The zero-order valence-corrected chi connectivity index (χ0v) is 8.17. The van der Waals surface area contributed by atoms with Crippen LogP contribution >= 0.6 is 0 Å². The summed E-state index contributed by atoms with van der Waals surface area (Å²) in [7, 11) is 0. The zero-order chi connectivity index (χ0) is 9.84. The maximum Gasteiger partial charge on any atom is 0.134 e. The maximum absolute atomic E-state index is 8.57. The topological polar surface area (TPSA) is 58.6 Å². The molecule has 0 aromatic carbocycles. The highest BCUT2D eigenvalue weighted by Crippen LogP contribution is 2.26. The summed E-state index contributed by atoms with van der Waals surface area (Å²) in [5, 5.41) is 8.57. The number of rotatable bonds is 2. The van der Waals surface area contributed by atoms with Crippen LogP contribution in [0.4, 0.5) is 0 Å². The molecule has 0 radical (unpaired) electrons. The fourth-order valence-electron chi connectivity index (χ4n) is 1.48. The van der Waals surface area contributed by atoms with Crippen LogP contribution in [0, 0.1) is 0 Å². The molecule has 0 aromatic heterocycles. The summed E-state index contributed by atoms with van der Waals surface area (Å²) < 4.78 is 0. The Morgan fingerprint density at radius 2 is 2.15 bits per heavy atom. The first-order chi connectivity index (χ1) is 6.16. The highest BCUT2D eigenvalue weighted by atomic mass is 16.3. The van der Waals surface area contributed by atoms with Crippen LogP contribution in [0.5, 0.6) is 0 Å². The van der Waals surface area contributed by atoms with Crippen molar-refractivity contribution in [3.8, 4) is 0 Å². The van der Waals surface area contributed by atoms with E-state index >= 15 is 0 Å². The first kappa shape index (κ1) is 9.99. The number of hydrogen-bond acceptors (Lipinski definition) is 3. The summed E-state index contributed by atoms with van der Waals surface area (Å²) in [4.78, 5) is 3.81. The number of nitrogens with two attached hydrogens (primary N) is 1. The minimum Gasteiger partial charge on any atom is -0.402 e. The van der Waals surface area contributed by atoms with Gasteiger partial charge in [0.25, 0.3) is 0 Å². The van der Waals surface area contributed by atoms with E-state index < -0.39 is 0 Å². The van der Waals surface area contributed by atoms with Crippen molar-refractivity contribution in [3.63, 3.8) is 0 Å². The van der Waals surface area contributed by atoms with E-state index in [9.17, 15) is 0 Å². The van der Waals surface area contributed by atoms with Gasteiger partial charge in [-0.2, -0.15) is 0 Å². The predicted octanol–water partition coefficient (Wildman–Crippen LogP) is 1.35. The fraction of sp³-hybridized carbons (Fsp3) is 0.500. The smallest absolute Gasteiger partial charge is 0.134 e. The third-order valence-corrected chi connectivity index (χ3v) is 2.42. The highest BCUT2D eigenvalue weighted by Gasteiger charge is 2.12. The van der Waals surface area contributed by atoms with Gasteiger partial charge in [-0.05, 0) is 37.8 Å². The Labute approximate surface area is 78.7 Å². The van der Waals surface area contributed by atoms with Gasteiger partial charge >= 0.3 is 0 Å². The Morgan fingerprint density at radius 3 is 2.77 bits per heavy atom. The second-order valence-corrected chi connectivity index (χ2v) is 3.30. The van der Waals surface area contributed by atoms with Crippen molar-refractivity contribution in [2.75, 3.05) is 6.73 Å². The van der Waals surface area contributed by atoms with E-state index in [0.29, 0.717) is 0 Å². The van der Waals surface area contributed by atoms with Crippen LogP contribution in [0.25, 0.3) is 0 Å². The predicted molar refractivity (Wildman–Crippen MR) is 54.4 cm³/mol. The van der Waals surface area contributed by atoms with Gasteiger partial charge in [-0.3, -0.25) is 4.99 Å². The van der Waals surface area contributed by atoms with Gasteiger partial charge < -0.3 is 10.8 Å². The molecule has 0 unspecified atom stereocenters.